The Morgan fingerprint density at radius 2 is 2.18 bits per heavy atom. The monoisotopic (exact) mass is 385 g/mol. The van der Waals surface area contributed by atoms with Crippen LogP contribution in [-0.2, 0) is 0 Å². The number of aromatic nitrogens is 3. The van der Waals surface area contributed by atoms with Gasteiger partial charge in [0.15, 0.2) is 5.65 Å². The fraction of sp³-hybridized carbons (Fsp3) is 0.350. The number of fused-ring (bicyclic) bond motifs is 1. The Kier molecular flexibility index (Phi) is 4.93. The summed E-state index contributed by atoms with van der Waals surface area (Å²) in [5.41, 5.74) is 1.16. The van der Waals surface area contributed by atoms with Gasteiger partial charge in [-0.25, -0.2) is 18.3 Å². The molecule has 0 bridgehead atoms. The van der Waals surface area contributed by atoms with E-state index in [2.05, 4.69) is 15.4 Å². The Balaban J connectivity index is 1.70. The third-order valence-electron chi connectivity index (χ3n) is 5.00. The van der Waals surface area contributed by atoms with Crippen molar-refractivity contribution in [3.8, 4) is 0 Å². The van der Waals surface area contributed by atoms with E-state index in [0.717, 1.165) is 25.0 Å². The van der Waals surface area contributed by atoms with Crippen molar-refractivity contribution in [1.29, 1.82) is 0 Å². The molecule has 1 amide bonds. The molecule has 0 spiro atoms. The minimum Gasteiger partial charge on any atom is -0.352 e. The van der Waals surface area contributed by atoms with Gasteiger partial charge in [0.2, 0.25) is 0 Å². The lowest BCUT2D eigenvalue weighted by Crippen LogP contribution is -2.25. The van der Waals surface area contributed by atoms with Crippen molar-refractivity contribution >= 4 is 17.4 Å². The number of benzene rings is 1. The highest BCUT2D eigenvalue weighted by Gasteiger charge is 2.30. The topological polar surface area (TPSA) is 62.5 Å². The number of hydrogen-bond donors (Lipinski definition) is 1. The highest BCUT2D eigenvalue weighted by molar-refractivity contribution is 5.99. The zero-order valence-corrected chi connectivity index (χ0v) is 15.5. The first-order chi connectivity index (χ1) is 13.6. The van der Waals surface area contributed by atoms with Crippen LogP contribution in [0.3, 0.4) is 0 Å². The van der Waals surface area contributed by atoms with Crippen LogP contribution in [0.4, 0.5) is 14.6 Å². The smallest absolute Gasteiger partial charge is 0.256 e. The van der Waals surface area contributed by atoms with Gasteiger partial charge in [-0.2, -0.15) is 5.10 Å². The van der Waals surface area contributed by atoms with Crippen LogP contribution in [0.5, 0.6) is 0 Å². The lowest BCUT2D eigenvalue weighted by atomic mass is 10.0. The first-order valence-corrected chi connectivity index (χ1v) is 9.42. The van der Waals surface area contributed by atoms with Crippen molar-refractivity contribution in [2.75, 3.05) is 18.0 Å². The van der Waals surface area contributed by atoms with Gasteiger partial charge >= 0.3 is 0 Å². The van der Waals surface area contributed by atoms with Crippen LogP contribution in [0, 0.1) is 11.6 Å². The third kappa shape index (κ3) is 3.30. The molecule has 3 heterocycles. The van der Waals surface area contributed by atoms with Crippen LogP contribution in [-0.4, -0.2) is 33.6 Å². The minimum atomic E-state index is -0.461. The van der Waals surface area contributed by atoms with Crippen LogP contribution in [0.1, 0.15) is 48.1 Å². The number of carbonyl (C=O) groups is 1. The van der Waals surface area contributed by atoms with Gasteiger partial charge < -0.3 is 10.2 Å². The Morgan fingerprint density at radius 1 is 1.32 bits per heavy atom. The van der Waals surface area contributed by atoms with E-state index in [-0.39, 0.29) is 11.9 Å². The molecule has 4 rings (SSSR count). The van der Waals surface area contributed by atoms with Gasteiger partial charge in [0.25, 0.3) is 5.91 Å². The molecule has 1 saturated heterocycles. The standard InChI is InChI=1S/C20H21F2N5O/c1-2-8-23-20(28)15-12-24-27-10-7-18(25-19(15)27)26-9-3-4-17(26)14-11-13(21)5-6-16(14)22/h5-7,10-12,17H,2-4,8-9H2,1H3,(H,23,28). The maximum atomic E-state index is 14.3. The summed E-state index contributed by atoms with van der Waals surface area (Å²) in [5, 5.41) is 7.01. The van der Waals surface area contributed by atoms with E-state index in [1.807, 2.05) is 11.8 Å². The lowest BCUT2D eigenvalue weighted by Gasteiger charge is -2.26. The molecular weight excluding hydrogens is 364 g/mol. The maximum absolute atomic E-state index is 14.3. The number of carbonyl (C=O) groups excluding carboxylic acids is 1. The minimum absolute atomic E-state index is 0.226. The van der Waals surface area contributed by atoms with Gasteiger partial charge in [-0.1, -0.05) is 6.92 Å². The molecule has 1 aliphatic heterocycles. The van der Waals surface area contributed by atoms with Crippen LogP contribution in [0.2, 0.25) is 0 Å². The summed E-state index contributed by atoms with van der Waals surface area (Å²) in [5.74, 6) is -0.500. The normalized spacial score (nSPS) is 16.7. The zero-order valence-electron chi connectivity index (χ0n) is 15.5. The van der Waals surface area contributed by atoms with Gasteiger partial charge in [0.1, 0.15) is 23.0 Å². The van der Waals surface area contributed by atoms with E-state index in [9.17, 15) is 13.6 Å². The molecule has 1 aliphatic rings. The van der Waals surface area contributed by atoms with Crippen molar-refractivity contribution in [1.82, 2.24) is 19.9 Å². The Hall–Kier alpha value is -3.03. The van der Waals surface area contributed by atoms with Gasteiger partial charge in [-0.05, 0) is 43.5 Å². The number of halogens is 2. The maximum Gasteiger partial charge on any atom is 0.256 e. The predicted octanol–water partition coefficient (Wildman–Crippen LogP) is 3.49. The summed E-state index contributed by atoms with van der Waals surface area (Å²) in [6.07, 6.45) is 5.60. The van der Waals surface area contributed by atoms with Crippen molar-refractivity contribution in [3.05, 3.63) is 59.4 Å². The number of anilines is 1. The second-order valence-corrected chi connectivity index (χ2v) is 6.89. The molecule has 146 valence electrons. The molecule has 1 atom stereocenters. The number of nitrogens with zero attached hydrogens (tertiary/aromatic N) is 4. The summed E-state index contributed by atoms with van der Waals surface area (Å²) >= 11 is 0. The molecule has 1 aromatic carbocycles. The van der Waals surface area contributed by atoms with Gasteiger partial charge in [0.05, 0.1) is 12.2 Å². The molecule has 0 radical (unpaired) electrons. The number of nitrogens with one attached hydrogen (secondary N) is 1. The SMILES string of the molecule is CCCNC(=O)c1cnn2ccc(N3CCCC3c3cc(F)ccc3F)nc12. The summed E-state index contributed by atoms with van der Waals surface area (Å²) in [7, 11) is 0. The highest BCUT2D eigenvalue weighted by Crippen LogP contribution is 2.36. The predicted molar refractivity (Wildman–Crippen MR) is 101 cm³/mol. The summed E-state index contributed by atoms with van der Waals surface area (Å²) in [6, 6.07) is 5.01. The van der Waals surface area contributed by atoms with E-state index in [1.165, 1.54) is 16.8 Å². The summed E-state index contributed by atoms with van der Waals surface area (Å²) in [6.45, 7) is 3.23. The van der Waals surface area contributed by atoms with E-state index < -0.39 is 11.6 Å². The van der Waals surface area contributed by atoms with Crippen molar-refractivity contribution in [2.45, 2.75) is 32.2 Å². The van der Waals surface area contributed by atoms with Crippen LogP contribution >= 0.6 is 0 Å². The molecule has 1 N–H and O–H groups in total. The molecule has 28 heavy (non-hydrogen) atoms. The van der Waals surface area contributed by atoms with E-state index >= 15 is 0 Å². The van der Waals surface area contributed by atoms with Gasteiger partial charge in [0, 0.05) is 24.8 Å². The first kappa shape index (κ1) is 18.3. The second-order valence-electron chi connectivity index (χ2n) is 6.89. The Morgan fingerprint density at radius 3 is 3.00 bits per heavy atom. The van der Waals surface area contributed by atoms with Crippen molar-refractivity contribution in [3.63, 3.8) is 0 Å². The van der Waals surface area contributed by atoms with E-state index in [1.54, 1.807) is 12.3 Å². The number of amides is 1. The van der Waals surface area contributed by atoms with Crippen LogP contribution < -0.4 is 10.2 Å². The molecule has 6 nitrogen and oxygen atoms in total. The van der Waals surface area contributed by atoms with Gasteiger partial charge in [-0.3, -0.25) is 4.79 Å². The Bertz CT molecular complexity index is 1020. The van der Waals surface area contributed by atoms with Crippen molar-refractivity contribution < 1.29 is 13.6 Å². The summed E-state index contributed by atoms with van der Waals surface area (Å²) < 4.78 is 29.5. The first-order valence-electron chi connectivity index (χ1n) is 9.42. The van der Waals surface area contributed by atoms with Crippen molar-refractivity contribution in [2.24, 2.45) is 0 Å². The second kappa shape index (κ2) is 7.53. The van der Waals surface area contributed by atoms with Gasteiger partial charge in [-0.15, -0.1) is 0 Å². The number of hydrogen-bond acceptors (Lipinski definition) is 4. The summed E-state index contributed by atoms with van der Waals surface area (Å²) in [4.78, 5) is 19.0. The molecule has 8 heteroatoms. The average molecular weight is 385 g/mol. The molecule has 1 unspecified atom stereocenters. The number of rotatable bonds is 5. The van der Waals surface area contributed by atoms with Crippen LogP contribution in [0.25, 0.3) is 5.65 Å². The quantitative estimate of drug-likeness (QED) is 0.730. The largest absolute Gasteiger partial charge is 0.352 e. The molecule has 0 aliphatic carbocycles. The van der Waals surface area contributed by atoms with Crippen LogP contribution in [0.15, 0.2) is 36.7 Å². The third-order valence-corrected chi connectivity index (χ3v) is 5.00. The molecular formula is C20H21F2N5O. The van der Waals surface area contributed by atoms with E-state index in [0.29, 0.717) is 42.1 Å². The highest BCUT2D eigenvalue weighted by atomic mass is 19.1. The Labute approximate surface area is 161 Å². The van der Waals surface area contributed by atoms with E-state index in [4.69, 9.17) is 0 Å². The molecule has 0 saturated carbocycles. The molecule has 1 fully saturated rings. The molecule has 3 aromatic rings. The average Bonchev–Trinajstić information content (AvgIpc) is 3.34. The fourth-order valence-electron chi connectivity index (χ4n) is 3.65. The fourth-order valence-corrected chi connectivity index (χ4v) is 3.65. The molecule has 2 aromatic heterocycles. The zero-order chi connectivity index (χ0) is 19.7. The lowest BCUT2D eigenvalue weighted by molar-refractivity contribution is 0.0955.